The zero-order valence-corrected chi connectivity index (χ0v) is 11.6. The number of carbonyl (C=O) groups excluding carboxylic acids is 2. The first kappa shape index (κ1) is 15.5. The number of hydrogen-bond donors (Lipinski definition) is 1. The van der Waals surface area contributed by atoms with Gasteiger partial charge in [0, 0.05) is 6.54 Å². The molecular formula is C13H21NO5. The molecule has 1 rings (SSSR count). The van der Waals surface area contributed by atoms with Gasteiger partial charge in [-0.2, -0.15) is 0 Å². The van der Waals surface area contributed by atoms with Gasteiger partial charge in [0.05, 0.1) is 18.4 Å². The molecule has 19 heavy (non-hydrogen) atoms. The average Bonchev–Trinajstić information content (AvgIpc) is 3.06. The van der Waals surface area contributed by atoms with Crippen LogP contribution in [0.2, 0.25) is 0 Å². The first-order chi connectivity index (χ1) is 8.86. The molecule has 2 atom stereocenters. The highest BCUT2D eigenvalue weighted by Gasteiger charge is 2.50. The van der Waals surface area contributed by atoms with E-state index >= 15 is 0 Å². The second-order valence-corrected chi connectivity index (χ2v) is 5.20. The lowest BCUT2D eigenvalue weighted by Gasteiger charge is -2.23. The van der Waals surface area contributed by atoms with E-state index in [-0.39, 0.29) is 25.0 Å². The van der Waals surface area contributed by atoms with E-state index in [4.69, 9.17) is 9.84 Å². The lowest BCUT2D eigenvalue weighted by Crippen LogP contribution is -2.40. The Morgan fingerprint density at radius 1 is 1.32 bits per heavy atom. The number of hydrogen-bond acceptors (Lipinski definition) is 4. The fraction of sp³-hybridized carbons (Fsp3) is 0.769. The monoisotopic (exact) mass is 271 g/mol. The van der Waals surface area contributed by atoms with Crippen LogP contribution in [0.4, 0.5) is 0 Å². The van der Waals surface area contributed by atoms with Crippen molar-refractivity contribution in [3.8, 4) is 0 Å². The van der Waals surface area contributed by atoms with Gasteiger partial charge in [-0.1, -0.05) is 13.8 Å². The molecule has 1 saturated carbocycles. The Hall–Kier alpha value is -1.59. The smallest absolute Gasteiger partial charge is 0.325 e. The second-order valence-electron chi connectivity index (χ2n) is 5.20. The fourth-order valence-corrected chi connectivity index (χ4v) is 2.01. The summed E-state index contributed by atoms with van der Waals surface area (Å²) in [5.41, 5.74) is 0. The summed E-state index contributed by atoms with van der Waals surface area (Å²) in [5.74, 6) is -2.52. The number of rotatable bonds is 7. The van der Waals surface area contributed by atoms with Crippen LogP contribution >= 0.6 is 0 Å². The van der Waals surface area contributed by atoms with E-state index in [2.05, 4.69) is 0 Å². The van der Waals surface area contributed by atoms with Gasteiger partial charge < -0.3 is 14.7 Å². The van der Waals surface area contributed by atoms with E-state index < -0.39 is 23.8 Å². The molecule has 1 amide bonds. The zero-order valence-electron chi connectivity index (χ0n) is 11.6. The van der Waals surface area contributed by atoms with Gasteiger partial charge in [0.2, 0.25) is 5.91 Å². The quantitative estimate of drug-likeness (QED) is 0.691. The van der Waals surface area contributed by atoms with Crippen LogP contribution < -0.4 is 0 Å². The van der Waals surface area contributed by atoms with Gasteiger partial charge in [-0.3, -0.25) is 14.4 Å². The highest BCUT2D eigenvalue weighted by molar-refractivity contribution is 5.91. The highest BCUT2D eigenvalue weighted by Crippen LogP contribution is 2.40. The number of ether oxygens (including phenoxy) is 1. The van der Waals surface area contributed by atoms with Crippen molar-refractivity contribution in [1.82, 2.24) is 4.90 Å². The van der Waals surface area contributed by atoms with Gasteiger partial charge >= 0.3 is 11.9 Å². The van der Waals surface area contributed by atoms with E-state index in [0.717, 1.165) is 0 Å². The number of aliphatic carboxylic acids is 1. The Morgan fingerprint density at radius 3 is 2.37 bits per heavy atom. The maximum atomic E-state index is 12.2. The Labute approximate surface area is 112 Å². The average molecular weight is 271 g/mol. The summed E-state index contributed by atoms with van der Waals surface area (Å²) in [6, 6.07) is 0. The summed E-state index contributed by atoms with van der Waals surface area (Å²) in [4.78, 5) is 35.8. The third kappa shape index (κ3) is 4.54. The molecule has 0 bridgehead atoms. The summed E-state index contributed by atoms with van der Waals surface area (Å²) in [6.45, 7) is 6.17. The summed E-state index contributed by atoms with van der Waals surface area (Å²) in [6.07, 6.45) is 0.367. The molecule has 6 heteroatoms. The second kappa shape index (κ2) is 6.54. The van der Waals surface area contributed by atoms with E-state index in [1.54, 1.807) is 6.92 Å². The Kier molecular flexibility index (Phi) is 5.32. The molecule has 1 aliphatic carbocycles. The van der Waals surface area contributed by atoms with Crippen LogP contribution in [0.5, 0.6) is 0 Å². The summed E-state index contributed by atoms with van der Waals surface area (Å²) in [5, 5.41) is 8.84. The molecule has 0 aromatic rings. The van der Waals surface area contributed by atoms with Crippen LogP contribution in [-0.4, -0.2) is 47.5 Å². The van der Waals surface area contributed by atoms with E-state index in [0.29, 0.717) is 13.0 Å². The van der Waals surface area contributed by atoms with Crippen molar-refractivity contribution in [3.05, 3.63) is 0 Å². The summed E-state index contributed by atoms with van der Waals surface area (Å²) >= 11 is 0. The Balaban J connectivity index is 2.61. The molecule has 6 nitrogen and oxygen atoms in total. The van der Waals surface area contributed by atoms with Crippen molar-refractivity contribution in [3.63, 3.8) is 0 Å². The molecule has 0 radical (unpaired) electrons. The molecular weight excluding hydrogens is 250 g/mol. The predicted molar refractivity (Wildman–Crippen MR) is 67.3 cm³/mol. The standard InChI is InChI=1S/C13H21NO5/c1-4-19-11(15)7-14(6-8(2)3)12(16)9-5-10(9)13(17)18/h8-10H,4-7H2,1-3H3,(H,17,18)/t9-,10+/m1/s1. The van der Waals surface area contributed by atoms with Gasteiger partial charge in [-0.05, 0) is 19.3 Å². The van der Waals surface area contributed by atoms with Crippen LogP contribution in [0, 0.1) is 17.8 Å². The van der Waals surface area contributed by atoms with E-state index in [1.807, 2.05) is 13.8 Å². The molecule has 0 aromatic carbocycles. The molecule has 0 saturated heterocycles. The van der Waals surface area contributed by atoms with Crippen LogP contribution in [0.25, 0.3) is 0 Å². The molecule has 108 valence electrons. The molecule has 0 aliphatic heterocycles. The predicted octanol–water partition coefficient (Wildman–Crippen LogP) is 0.755. The van der Waals surface area contributed by atoms with Crippen molar-refractivity contribution in [2.75, 3.05) is 19.7 Å². The number of carboxylic acids is 1. The van der Waals surface area contributed by atoms with E-state index in [1.165, 1.54) is 4.90 Å². The normalized spacial score (nSPS) is 21.1. The lowest BCUT2D eigenvalue weighted by molar-refractivity contribution is -0.150. The number of nitrogens with zero attached hydrogens (tertiary/aromatic N) is 1. The molecule has 0 heterocycles. The van der Waals surface area contributed by atoms with Gasteiger partial charge in [-0.25, -0.2) is 0 Å². The lowest BCUT2D eigenvalue weighted by atomic mass is 10.2. The minimum absolute atomic E-state index is 0.103. The first-order valence-electron chi connectivity index (χ1n) is 6.54. The number of carbonyl (C=O) groups is 3. The van der Waals surface area contributed by atoms with Gasteiger partial charge in [0.15, 0.2) is 0 Å². The maximum absolute atomic E-state index is 12.2. The van der Waals surface area contributed by atoms with Gasteiger partial charge in [0.25, 0.3) is 0 Å². The number of carboxylic acid groups (broad SMARTS) is 1. The summed E-state index contributed by atoms with van der Waals surface area (Å²) < 4.78 is 4.83. The third-order valence-electron chi connectivity index (χ3n) is 2.95. The van der Waals surface area contributed by atoms with Gasteiger partial charge in [0.1, 0.15) is 6.54 Å². The van der Waals surface area contributed by atoms with Crippen molar-refractivity contribution >= 4 is 17.8 Å². The third-order valence-corrected chi connectivity index (χ3v) is 2.95. The minimum atomic E-state index is -0.945. The SMILES string of the molecule is CCOC(=O)CN(CC(C)C)C(=O)[C@@H]1C[C@@H]1C(=O)O. The number of esters is 1. The number of amides is 1. The maximum Gasteiger partial charge on any atom is 0.325 e. The fourth-order valence-electron chi connectivity index (χ4n) is 2.01. The molecule has 0 spiro atoms. The van der Waals surface area contributed by atoms with Crippen LogP contribution in [0.15, 0.2) is 0 Å². The zero-order chi connectivity index (χ0) is 14.6. The molecule has 0 unspecified atom stereocenters. The van der Waals surface area contributed by atoms with Crippen LogP contribution in [0.1, 0.15) is 27.2 Å². The Morgan fingerprint density at radius 2 is 1.95 bits per heavy atom. The molecule has 1 N–H and O–H groups in total. The van der Waals surface area contributed by atoms with Gasteiger partial charge in [-0.15, -0.1) is 0 Å². The molecule has 1 fully saturated rings. The van der Waals surface area contributed by atoms with Crippen molar-refractivity contribution in [2.24, 2.45) is 17.8 Å². The highest BCUT2D eigenvalue weighted by atomic mass is 16.5. The topological polar surface area (TPSA) is 83.9 Å². The summed E-state index contributed by atoms with van der Waals surface area (Å²) in [7, 11) is 0. The molecule has 1 aliphatic rings. The minimum Gasteiger partial charge on any atom is -0.481 e. The first-order valence-corrected chi connectivity index (χ1v) is 6.54. The van der Waals surface area contributed by atoms with Crippen LogP contribution in [-0.2, 0) is 19.1 Å². The van der Waals surface area contributed by atoms with Crippen molar-refractivity contribution < 1.29 is 24.2 Å². The largest absolute Gasteiger partial charge is 0.481 e. The van der Waals surface area contributed by atoms with Crippen LogP contribution in [0.3, 0.4) is 0 Å². The Bertz CT molecular complexity index is 366. The van der Waals surface area contributed by atoms with E-state index in [9.17, 15) is 14.4 Å². The van der Waals surface area contributed by atoms with Crippen molar-refractivity contribution in [2.45, 2.75) is 27.2 Å². The van der Waals surface area contributed by atoms with Crippen molar-refractivity contribution in [1.29, 1.82) is 0 Å². The molecule has 0 aromatic heterocycles.